The fourth-order valence-corrected chi connectivity index (χ4v) is 1.46. The Bertz CT molecular complexity index is 550. The van der Waals surface area contributed by atoms with Crippen molar-refractivity contribution in [2.75, 3.05) is 5.43 Å². The van der Waals surface area contributed by atoms with Crippen LogP contribution in [0.2, 0.25) is 0 Å². The van der Waals surface area contributed by atoms with Crippen LogP contribution >= 0.6 is 0 Å². The molecule has 0 atom stereocenters. The highest BCUT2D eigenvalue weighted by Gasteiger charge is 2.08. The second kappa shape index (κ2) is 5.28. The molecule has 0 aliphatic heterocycles. The van der Waals surface area contributed by atoms with E-state index in [1.165, 1.54) is 0 Å². The number of amides is 1. The molecule has 0 bridgehead atoms. The van der Waals surface area contributed by atoms with Crippen molar-refractivity contribution in [3.8, 4) is 0 Å². The fraction of sp³-hybridized carbons (Fsp3) is 0.182. The summed E-state index contributed by atoms with van der Waals surface area (Å²) >= 11 is 0. The topological polar surface area (TPSA) is 97.9 Å². The van der Waals surface area contributed by atoms with Crippen molar-refractivity contribution in [2.45, 2.75) is 6.54 Å². The number of pyridine rings is 1. The molecule has 0 spiro atoms. The molecule has 0 unspecified atom stereocenters. The van der Waals surface area contributed by atoms with Gasteiger partial charge in [0.2, 0.25) is 0 Å². The van der Waals surface area contributed by atoms with Crippen LogP contribution in [0.25, 0.3) is 0 Å². The van der Waals surface area contributed by atoms with Gasteiger partial charge in [0.1, 0.15) is 11.5 Å². The first-order valence-electron chi connectivity index (χ1n) is 5.39. The third-order valence-electron chi connectivity index (χ3n) is 2.33. The fourth-order valence-electron chi connectivity index (χ4n) is 1.46. The quantitative estimate of drug-likeness (QED) is 0.522. The number of hydrogen-bond donors (Lipinski definition) is 3. The number of nitrogens with one attached hydrogen (secondary N) is 2. The maximum absolute atomic E-state index is 11.8. The van der Waals surface area contributed by atoms with Gasteiger partial charge in [-0.3, -0.25) is 9.48 Å². The number of nitrogen functional groups attached to an aromatic ring is 1. The minimum atomic E-state index is -0.266. The van der Waals surface area contributed by atoms with E-state index in [2.05, 4.69) is 20.8 Å². The molecular formula is C11H14N6O. The van der Waals surface area contributed by atoms with Gasteiger partial charge in [-0.05, 0) is 18.2 Å². The number of aryl methyl sites for hydroxylation is 1. The molecule has 0 saturated carbocycles. The van der Waals surface area contributed by atoms with Crippen molar-refractivity contribution in [3.05, 3.63) is 41.9 Å². The first-order chi connectivity index (χ1) is 8.69. The standard InChI is InChI=1S/C11H14N6O/c1-17-6-5-8(16-17)7-13-11(18)9-3-2-4-10(14-9)15-12/h2-6H,7,12H2,1H3,(H,13,18)(H,14,15). The van der Waals surface area contributed by atoms with Crippen molar-refractivity contribution in [2.24, 2.45) is 12.9 Å². The lowest BCUT2D eigenvalue weighted by Crippen LogP contribution is -2.24. The molecule has 18 heavy (non-hydrogen) atoms. The van der Waals surface area contributed by atoms with Crippen LogP contribution in [0.4, 0.5) is 5.82 Å². The number of rotatable bonds is 4. The highest BCUT2D eigenvalue weighted by atomic mass is 16.1. The number of hydrazine groups is 1. The van der Waals surface area contributed by atoms with E-state index in [0.29, 0.717) is 18.1 Å². The molecule has 1 amide bonds. The van der Waals surface area contributed by atoms with Crippen molar-refractivity contribution in [3.63, 3.8) is 0 Å². The summed E-state index contributed by atoms with van der Waals surface area (Å²) in [5, 5.41) is 6.89. The molecule has 94 valence electrons. The average Bonchev–Trinajstić information content (AvgIpc) is 2.82. The van der Waals surface area contributed by atoms with Gasteiger partial charge in [-0.1, -0.05) is 6.07 Å². The highest BCUT2D eigenvalue weighted by molar-refractivity contribution is 5.92. The molecule has 0 saturated heterocycles. The van der Waals surface area contributed by atoms with E-state index >= 15 is 0 Å². The van der Waals surface area contributed by atoms with Crippen molar-refractivity contribution in [1.29, 1.82) is 0 Å². The van der Waals surface area contributed by atoms with Gasteiger partial charge in [0, 0.05) is 13.2 Å². The molecule has 0 aliphatic rings. The summed E-state index contributed by atoms with van der Waals surface area (Å²) in [6.07, 6.45) is 1.82. The number of hydrogen-bond acceptors (Lipinski definition) is 5. The zero-order chi connectivity index (χ0) is 13.0. The molecule has 7 heteroatoms. The molecule has 7 nitrogen and oxygen atoms in total. The second-order valence-electron chi connectivity index (χ2n) is 3.72. The molecule has 2 rings (SSSR count). The molecule has 4 N–H and O–H groups in total. The van der Waals surface area contributed by atoms with Crippen LogP contribution in [0.15, 0.2) is 30.5 Å². The van der Waals surface area contributed by atoms with Crippen LogP contribution in [-0.4, -0.2) is 20.7 Å². The van der Waals surface area contributed by atoms with Gasteiger partial charge in [-0.25, -0.2) is 10.8 Å². The molecule has 2 aromatic rings. The number of aromatic nitrogens is 3. The zero-order valence-electron chi connectivity index (χ0n) is 9.92. The number of carbonyl (C=O) groups is 1. The lowest BCUT2D eigenvalue weighted by molar-refractivity contribution is 0.0945. The molecular weight excluding hydrogens is 232 g/mol. The Morgan fingerprint density at radius 3 is 2.94 bits per heavy atom. The van der Waals surface area contributed by atoms with Gasteiger partial charge in [0.15, 0.2) is 0 Å². The Labute approximate surface area is 104 Å². The van der Waals surface area contributed by atoms with Gasteiger partial charge in [-0.2, -0.15) is 5.10 Å². The van der Waals surface area contributed by atoms with Crippen LogP contribution in [0.5, 0.6) is 0 Å². The number of nitrogens with zero attached hydrogens (tertiary/aromatic N) is 3. The predicted octanol–water partition coefficient (Wildman–Crippen LogP) is 0.0307. The number of carbonyl (C=O) groups excluding carboxylic acids is 1. The lowest BCUT2D eigenvalue weighted by Gasteiger charge is -2.04. The molecule has 0 aromatic carbocycles. The van der Waals surface area contributed by atoms with Gasteiger partial charge in [0.25, 0.3) is 5.91 Å². The number of anilines is 1. The first kappa shape index (κ1) is 12.1. The minimum Gasteiger partial charge on any atom is -0.345 e. The van der Waals surface area contributed by atoms with Crippen molar-refractivity contribution < 1.29 is 4.79 Å². The maximum Gasteiger partial charge on any atom is 0.270 e. The Morgan fingerprint density at radius 2 is 2.28 bits per heavy atom. The Kier molecular flexibility index (Phi) is 3.54. The van der Waals surface area contributed by atoms with E-state index in [9.17, 15) is 4.79 Å². The lowest BCUT2D eigenvalue weighted by atomic mass is 10.3. The maximum atomic E-state index is 11.8. The van der Waals surface area contributed by atoms with Crippen LogP contribution < -0.4 is 16.6 Å². The minimum absolute atomic E-state index is 0.266. The smallest absolute Gasteiger partial charge is 0.270 e. The summed E-state index contributed by atoms with van der Waals surface area (Å²) in [6, 6.07) is 6.84. The van der Waals surface area contributed by atoms with E-state index in [1.54, 1.807) is 22.9 Å². The van der Waals surface area contributed by atoms with Crippen molar-refractivity contribution in [1.82, 2.24) is 20.1 Å². The summed E-state index contributed by atoms with van der Waals surface area (Å²) in [4.78, 5) is 15.9. The van der Waals surface area contributed by atoms with E-state index in [0.717, 1.165) is 5.69 Å². The molecule has 2 aromatic heterocycles. The van der Waals surface area contributed by atoms with Crippen LogP contribution in [0, 0.1) is 0 Å². The summed E-state index contributed by atoms with van der Waals surface area (Å²) in [6.45, 7) is 0.363. The monoisotopic (exact) mass is 246 g/mol. The van der Waals surface area contributed by atoms with Gasteiger partial charge >= 0.3 is 0 Å². The van der Waals surface area contributed by atoms with Gasteiger partial charge in [0.05, 0.1) is 12.2 Å². The summed E-state index contributed by atoms with van der Waals surface area (Å²) in [5.74, 6) is 5.41. The second-order valence-corrected chi connectivity index (χ2v) is 3.72. The summed E-state index contributed by atoms with van der Waals surface area (Å²) in [7, 11) is 1.82. The SMILES string of the molecule is Cn1ccc(CNC(=O)c2cccc(NN)n2)n1. The Hall–Kier alpha value is -2.41. The zero-order valence-corrected chi connectivity index (χ0v) is 9.92. The van der Waals surface area contributed by atoms with Crippen LogP contribution in [0.3, 0.4) is 0 Å². The van der Waals surface area contributed by atoms with Crippen molar-refractivity contribution >= 4 is 11.7 Å². The summed E-state index contributed by atoms with van der Waals surface area (Å²) in [5.41, 5.74) is 3.49. The molecule has 0 fully saturated rings. The first-order valence-corrected chi connectivity index (χ1v) is 5.39. The van der Waals surface area contributed by atoms with Crippen LogP contribution in [-0.2, 0) is 13.6 Å². The summed E-state index contributed by atoms with van der Waals surface area (Å²) < 4.78 is 1.68. The van der Waals surface area contributed by atoms with Gasteiger partial charge < -0.3 is 10.7 Å². The average molecular weight is 246 g/mol. The predicted molar refractivity (Wildman–Crippen MR) is 66.4 cm³/mol. The van der Waals surface area contributed by atoms with Crippen LogP contribution in [0.1, 0.15) is 16.2 Å². The normalized spacial score (nSPS) is 10.1. The Morgan fingerprint density at radius 1 is 1.44 bits per heavy atom. The molecule has 0 aliphatic carbocycles. The third kappa shape index (κ3) is 2.83. The van der Waals surface area contributed by atoms with E-state index in [1.807, 2.05) is 19.3 Å². The third-order valence-corrected chi connectivity index (χ3v) is 2.33. The largest absolute Gasteiger partial charge is 0.345 e. The molecule has 2 heterocycles. The Balaban J connectivity index is 1.99. The van der Waals surface area contributed by atoms with E-state index in [-0.39, 0.29) is 5.91 Å². The highest BCUT2D eigenvalue weighted by Crippen LogP contribution is 2.03. The number of nitrogens with two attached hydrogens (primary N) is 1. The molecule has 0 radical (unpaired) electrons. The van der Waals surface area contributed by atoms with E-state index in [4.69, 9.17) is 5.84 Å². The van der Waals surface area contributed by atoms with E-state index < -0.39 is 0 Å². The van der Waals surface area contributed by atoms with Gasteiger partial charge in [-0.15, -0.1) is 0 Å².